The Hall–Kier alpha value is -5.11. The van der Waals surface area contributed by atoms with Gasteiger partial charge in [-0.2, -0.15) is 0 Å². The molecule has 0 spiro atoms. The number of pyridine rings is 1. The van der Waals surface area contributed by atoms with Crippen molar-refractivity contribution in [2.45, 2.75) is 24.9 Å². The minimum Gasteiger partial charge on any atom is -0.497 e. The lowest BCUT2D eigenvalue weighted by Gasteiger charge is -2.51. The molecule has 274 valence electrons. The Morgan fingerprint density at radius 2 is 1.45 bits per heavy atom. The molecule has 0 aliphatic carbocycles. The normalized spacial score (nSPS) is 19.7. The number of carbonyl (C=O) groups excluding carboxylic acids is 1. The van der Waals surface area contributed by atoms with Crippen LogP contribution in [0.4, 0.5) is 0 Å². The number of aromatic nitrogens is 1. The van der Waals surface area contributed by atoms with Crippen molar-refractivity contribution < 1.29 is 28.5 Å². The van der Waals surface area contributed by atoms with Crippen molar-refractivity contribution in [3.8, 4) is 28.7 Å². The molecule has 3 saturated heterocycles. The number of methoxy groups -OCH3 is 5. The summed E-state index contributed by atoms with van der Waals surface area (Å²) in [6, 6.07) is 27.4. The second kappa shape index (κ2) is 15.9. The van der Waals surface area contributed by atoms with Gasteiger partial charge in [0.05, 0.1) is 47.1 Å². The molecule has 0 radical (unpaired) electrons. The summed E-state index contributed by atoms with van der Waals surface area (Å²) in [6.45, 7) is 6.06. The van der Waals surface area contributed by atoms with Gasteiger partial charge in [-0.1, -0.05) is 24.3 Å². The van der Waals surface area contributed by atoms with Crippen LogP contribution in [0.25, 0.3) is 10.9 Å². The van der Waals surface area contributed by atoms with E-state index in [0.717, 1.165) is 64.1 Å². The molecule has 10 heteroatoms. The summed E-state index contributed by atoms with van der Waals surface area (Å²) >= 11 is 0. The summed E-state index contributed by atoms with van der Waals surface area (Å²) in [5.74, 6) is 4.16. The van der Waals surface area contributed by atoms with E-state index in [9.17, 15) is 0 Å². The first-order valence-electron chi connectivity index (χ1n) is 17.8. The van der Waals surface area contributed by atoms with Crippen molar-refractivity contribution in [1.82, 2.24) is 15.2 Å². The van der Waals surface area contributed by atoms with Crippen molar-refractivity contribution in [2.24, 2.45) is 11.8 Å². The highest BCUT2D eigenvalue weighted by Crippen LogP contribution is 2.43. The minimum absolute atomic E-state index is 0.0877. The van der Waals surface area contributed by atoms with Crippen LogP contribution in [-0.2, 0) is 0 Å². The van der Waals surface area contributed by atoms with Crippen molar-refractivity contribution in [3.05, 3.63) is 115 Å². The number of carbonyl (C=O) groups is 1. The lowest BCUT2D eigenvalue weighted by Crippen LogP contribution is -2.57. The lowest BCUT2D eigenvalue weighted by molar-refractivity contribution is 0.00171. The van der Waals surface area contributed by atoms with E-state index in [2.05, 4.69) is 27.9 Å². The molecule has 1 aromatic heterocycles. The fourth-order valence-electron chi connectivity index (χ4n) is 8.00. The van der Waals surface area contributed by atoms with Gasteiger partial charge >= 0.3 is 0 Å². The predicted molar refractivity (Wildman–Crippen MR) is 212 cm³/mol. The molecule has 9 nitrogen and oxygen atoms in total. The fraction of sp³-hybridized carbons (Fsp3) is 0.302. The molecule has 3 aliphatic rings. The van der Waals surface area contributed by atoms with E-state index in [4.69, 9.17) is 23.7 Å². The molecule has 1 N–H and O–H groups in total. The van der Waals surface area contributed by atoms with E-state index in [0.29, 0.717) is 40.4 Å². The van der Waals surface area contributed by atoms with E-state index in [1.165, 1.54) is 0 Å². The number of amides is 1. The number of ether oxygens (including phenoxy) is 5. The molecule has 1 amide bonds. The highest BCUT2D eigenvalue weighted by atomic mass is 31.1. The van der Waals surface area contributed by atoms with Gasteiger partial charge in [-0.05, 0) is 115 Å². The summed E-state index contributed by atoms with van der Waals surface area (Å²) < 4.78 is 28.5. The van der Waals surface area contributed by atoms with Gasteiger partial charge in [0.2, 0.25) is 0 Å². The smallest absolute Gasteiger partial charge is 0.252 e. The van der Waals surface area contributed by atoms with E-state index in [1.807, 2.05) is 91.1 Å². The highest BCUT2D eigenvalue weighted by molar-refractivity contribution is 7.80. The summed E-state index contributed by atoms with van der Waals surface area (Å²) in [7, 11) is 6.87. The molecule has 4 unspecified atom stereocenters. The summed E-state index contributed by atoms with van der Waals surface area (Å²) in [5.41, 5.74) is 2.46. The molecule has 0 saturated carbocycles. The highest BCUT2D eigenvalue weighted by Gasteiger charge is 2.43. The van der Waals surface area contributed by atoms with Crippen LogP contribution in [0.5, 0.6) is 28.7 Å². The zero-order valence-corrected chi connectivity index (χ0v) is 31.8. The Bertz CT molecular complexity index is 2020. The number of nitrogens with one attached hydrogen (secondary N) is 1. The Balaban J connectivity index is 1.37. The fourth-order valence-corrected chi connectivity index (χ4v) is 10.5. The SMILES string of the molecule is C=CC1CN2CCC1CC2[C@@H](NC(=O)c1ccccc1P(c1cc(OC)cc(OC)c1)c1cc(OC)cc(OC)c1)c1ccnc2ccc(OC)cc12. The number of hydrogen-bond donors (Lipinski definition) is 1. The zero-order valence-electron chi connectivity index (χ0n) is 30.9. The van der Waals surface area contributed by atoms with Gasteiger partial charge < -0.3 is 29.0 Å². The van der Waals surface area contributed by atoms with Gasteiger partial charge in [0, 0.05) is 41.9 Å². The Morgan fingerprint density at radius 3 is 2.02 bits per heavy atom. The Labute approximate surface area is 312 Å². The largest absolute Gasteiger partial charge is 0.497 e. The number of hydrogen-bond acceptors (Lipinski definition) is 8. The van der Waals surface area contributed by atoms with Gasteiger partial charge in [-0.3, -0.25) is 14.7 Å². The topological polar surface area (TPSA) is 91.4 Å². The van der Waals surface area contributed by atoms with Crippen LogP contribution < -0.4 is 44.9 Å². The number of rotatable bonds is 13. The van der Waals surface area contributed by atoms with Gasteiger partial charge in [0.25, 0.3) is 5.91 Å². The average Bonchev–Trinajstić information content (AvgIpc) is 3.22. The van der Waals surface area contributed by atoms with Crippen molar-refractivity contribution in [3.63, 3.8) is 0 Å². The van der Waals surface area contributed by atoms with Crippen molar-refractivity contribution in [2.75, 3.05) is 48.6 Å². The molecule has 3 aliphatic heterocycles. The minimum atomic E-state index is -1.36. The molecule has 5 atom stereocenters. The Morgan fingerprint density at radius 1 is 0.830 bits per heavy atom. The molecular formula is C43H46N3O6P. The predicted octanol–water partition coefficient (Wildman–Crippen LogP) is 6.40. The van der Waals surface area contributed by atoms with Gasteiger partial charge in [0.1, 0.15) is 28.7 Å². The lowest BCUT2D eigenvalue weighted by atomic mass is 9.73. The maximum Gasteiger partial charge on any atom is 0.252 e. The first-order valence-corrected chi connectivity index (χ1v) is 19.2. The average molecular weight is 732 g/mol. The standard InChI is InChI=1S/C43H46N3O6P/c1-7-27-26-46-17-15-28(27)18-40(46)42(36-14-16-44-39-13-12-29(48-2)25-38(36)39)45-43(47)37-10-8-9-11-41(37)53(34-21-30(49-3)19-31(22-34)50-4)35-23-32(51-5)20-33(24-35)52-6/h7-14,16,19-25,27-28,40,42H,1,15,17-18,26H2,2-6H3,(H,45,47)/t27?,28?,40?,42-/m0/s1. The van der Waals surface area contributed by atoms with Crippen LogP contribution in [0.3, 0.4) is 0 Å². The third-order valence-electron chi connectivity index (χ3n) is 10.7. The summed E-state index contributed by atoms with van der Waals surface area (Å²) in [5, 5.41) is 7.32. The van der Waals surface area contributed by atoms with Crippen LogP contribution in [0.1, 0.15) is 34.8 Å². The summed E-state index contributed by atoms with van der Waals surface area (Å²) in [4.78, 5) is 22.3. The van der Waals surface area contributed by atoms with Crippen molar-refractivity contribution in [1.29, 1.82) is 0 Å². The second-order valence-electron chi connectivity index (χ2n) is 13.5. The van der Waals surface area contributed by atoms with Crippen LogP contribution >= 0.6 is 7.92 Å². The maximum atomic E-state index is 15.1. The van der Waals surface area contributed by atoms with E-state index < -0.39 is 7.92 Å². The van der Waals surface area contributed by atoms with Crippen LogP contribution in [0, 0.1) is 11.8 Å². The van der Waals surface area contributed by atoms with E-state index in [1.54, 1.807) is 35.5 Å². The van der Waals surface area contributed by atoms with Crippen LogP contribution in [-0.4, -0.2) is 70.5 Å². The second-order valence-corrected chi connectivity index (χ2v) is 15.7. The van der Waals surface area contributed by atoms with Gasteiger partial charge in [0.15, 0.2) is 0 Å². The third kappa shape index (κ3) is 7.28. The van der Waals surface area contributed by atoms with Crippen LogP contribution in [0.15, 0.2) is 104 Å². The molecule has 5 aromatic rings. The first kappa shape index (κ1) is 36.3. The zero-order chi connectivity index (χ0) is 37.1. The molecule has 53 heavy (non-hydrogen) atoms. The molecule has 2 bridgehead atoms. The van der Waals surface area contributed by atoms with E-state index in [-0.39, 0.29) is 18.0 Å². The maximum absolute atomic E-state index is 15.1. The molecule has 3 fully saturated rings. The summed E-state index contributed by atoms with van der Waals surface area (Å²) in [6.07, 6.45) is 6.02. The first-order chi connectivity index (χ1) is 25.9. The van der Waals surface area contributed by atoms with E-state index >= 15 is 4.79 Å². The molecule has 4 aromatic carbocycles. The quantitative estimate of drug-likeness (QED) is 0.110. The monoisotopic (exact) mass is 731 g/mol. The third-order valence-corrected chi connectivity index (χ3v) is 13.1. The molecule has 8 rings (SSSR count). The number of nitrogens with zero attached hydrogens (tertiary/aromatic N) is 2. The number of benzene rings is 4. The van der Waals surface area contributed by atoms with Gasteiger partial charge in [-0.15, -0.1) is 6.58 Å². The Kier molecular flexibility index (Phi) is 10.9. The van der Waals surface area contributed by atoms with Crippen LogP contribution in [0.2, 0.25) is 0 Å². The number of fused-ring (bicyclic) bond motifs is 4. The van der Waals surface area contributed by atoms with Crippen molar-refractivity contribution >= 4 is 40.6 Å². The molecule has 4 heterocycles. The molecular weight excluding hydrogens is 685 g/mol. The number of piperidine rings is 3. The van der Waals surface area contributed by atoms with Gasteiger partial charge in [-0.25, -0.2) is 0 Å².